The largest absolute Gasteiger partial charge is 0.372 e. The molecule has 0 bridgehead atoms. The Labute approximate surface area is 142 Å². The van der Waals surface area contributed by atoms with Gasteiger partial charge in [0.15, 0.2) is 0 Å². The number of hydrogen-bond donors (Lipinski definition) is 1. The van der Waals surface area contributed by atoms with Gasteiger partial charge in [-0.2, -0.15) is 5.26 Å². The maximum atomic E-state index is 8.91. The minimum atomic E-state index is 0. The molecule has 0 aromatic heterocycles. The van der Waals surface area contributed by atoms with Crippen LogP contribution < -0.4 is 5.59 Å². The predicted molar refractivity (Wildman–Crippen MR) is 92.1 cm³/mol. The third-order valence-electron chi connectivity index (χ3n) is 1.91. The van der Waals surface area contributed by atoms with Gasteiger partial charge in [0.1, 0.15) is 6.26 Å². The minimum Gasteiger partial charge on any atom is -0.372 e. The number of halogens is 2. The van der Waals surface area contributed by atoms with Crippen LogP contribution in [0.5, 0.6) is 0 Å². The van der Waals surface area contributed by atoms with E-state index in [0.29, 0.717) is 5.57 Å². The zero-order valence-corrected chi connectivity index (χ0v) is 13.2. The Hall–Kier alpha value is -2.55. The zero-order chi connectivity index (χ0) is 14.3. The maximum absolute atomic E-state index is 8.91. The van der Waals surface area contributed by atoms with Crippen LogP contribution in [0, 0.1) is 11.3 Å². The smallest absolute Gasteiger partial charge is 0.121 e. The van der Waals surface area contributed by atoms with Gasteiger partial charge in [-0.25, -0.2) is 0 Å². The molecule has 22 heavy (non-hydrogen) atoms. The number of nitrogens with zero attached hydrogens (tertiary/aromatic N) is 3. The molecular formula is C15H16Cl2N4O. The van der Waals surface area contributed by atoms with Crippen molar-refractivity contribution in [2.75, 3.05) is 0 Å². The van der Waals surface area contributed by atoms with Gasteiger partial charge in [-0.15, -0.1) is 35.5 Å². The highest BCUT2D eigenvalue weighted by Crippen LogP contribution is 1.96. The molecule has 0 saturated carbocycles. The van der Waals surface area contributed by atoms with Crippen molar-refractivity contribution < 1.29 is 4.84 Å². The van der Waals surface area contributed by atoms with Crippen LogP contribution >= 0.6 is 24.8 Å². The molecule has 1 rings (SSSR count). The number of nitriles is 1. The summed E-state index contributed by atoms with van der Waals surface area (Å²) in [6, 6.07) is 2.08. The Bertz CT molecular complexity index is 565. The van der Waals surface area contributed by atoms with Gasteiger partial charge in [0.25, 0.3) is 0 Å². The van der Waals surface area contributed by atoms with Crippen molar-refractivity contribution in [2.45, 2.75) is 0 Å². The van der Waals surface area contributed by atoms with Crippen LogP contribution in [-0.2, 0) is 4.84 Å². The number of rotatable bonds is 0. The fourth-order valence-electron chi connectivity index (χ4n) is 1.05. The second kappa shape index (κ2) is 16.5. The van der Waals surface area contributed by atoms with Crippen LogP contribution in [0.3, 0.4) is 0 Å². The Kier molecular flexibility index (Phi) is 16.3. The zero-order valence-electron chi connectivity index (χ0n) is 11.6. The average molecular weight is 339 g/mol. The number of hydrogen-bond acceptors (Lipinski definition) is 5. The molecule has 0 radical (unpaired) electrons. The van der Waals surface area contributed by atoms with Crippen LogP contribution in [-0.4, -0.2) is 0 Å². The first kappa shape index (κ1) is 21.7. The molecule has 0 unspecified atom stereocenters. The molecule has 1 aliphatic rings. The highest BCUT2D eigenvalue weighted by atomic mass is 35.5. The molecule has 1 aliphatic heterocycles. The van der Waals surface area contributed by atoms with E-state index in [1.807, 2.05) is 24.3 Å². The first-order chi connectivity index (χ1) is 9.93. The molecule has 1 N–H and O–H groups in total. The van der Waals surface area contributed by atoms with Gasteiger partial charge in [-0.3, -0.25) is 0 Å². The summed E-state index contributed by atoms with van der Waals surface area (Å²) in [5, 5.41) is 16.1. The molecule has 0 spiro atoms. The Morgan fingerprint density at radius 2 is 1.59 bits per heavy atom. The monoisotopic (exact) mass is 338 g/mol. The fourth-order valence-corrected chi connectivity index (χ4v) is 1.05. The van der Waals surface area contributed by atoms with E-state index >= 15 is 0 Å². The summed E-state index contributed by atoms with van der Waals surface area (Å²) in [4.78, 5) is 4.83. The van der Waals surface area contributed by atoms with Crippen molar-refractivity contribution in [2.24, 2.45) is 10.3 Å². The Balaban J connectivity index is 0. The summed E-state index contributed by atoms with van der Waals surface area (Å²) in [5.74, 6) is 0. The molecule has 0 fully saturated rings. The van der Waals surface area contributed by atoms with Gasteiger partial charge < -0.3 is 4.84 Å². The Morgan fingerprint density at radius 3 is 2.32 bits per heavy atom. The fraction of sp³-hybridized carbons (Fsp3) is 0. The van der Waals surface area contributed by atoms with Crippen molar-refractivity contribution in [3.05, 3.63) is 84.9 Å². The topological polar surface area (TPSA) is 69.8 Å². The van der Waals surface area contributed by atoms with Crippen molar-refractivity contribution in [3.8, 4) is 6.07 Å². The molecule has 0 aliphatic carbocycles. The minimum absolute atomic E-state index is 0. The van der Waals surface area contributed by atoms with Crippen LogP contribution in [0.2, 0.25) is 0 Å². The quantitative estimate of drug-likeness (QED) is 0.709. The Morgan fingerprint density at radius 1 is 0.909 bits per heavy atom. The van der Waals surface area contributed by atoms with Crippen molar-refractivity contribution in [3.63, 3.8) is 0 Å². The lowest BCUT2D eigenvalue weighted by atomic mass is 10.2. The molecule has 0 amide bonds. The van der Waals surface area contributed by atoms with E-state index in [1.54, 1.807) is 42.5 Å². The number of allylic oxidation sites excluding steroid dienone is 12. The van der Waals surface area contributed by atoms with Gasteiger partial charge in [-0.1, -0.05) is 42.5 Å². The lowest BCUT2D eigenvalue weighted by Crippen LogP contribution is -1.98. The van der Waals surface area contributed by atoms with E-state index in [9.17, 15) is 0 Å². The van der Waals surface area contributed by atoms with E-state index in [1.165, 1.54) is 12.5 Å². The van der Waals surface area contributed by atoms with E-state index in [0.717, 1.165) is 0 Å². The summed E-state index contributed by atoms with van der Waals surface area (Å²) < 4.78 is 0. The van der Waals surface area contributed by atoms with Gasteiger partial charge in [-0.05, 0) is 29.5 Å². The van der Waals surface area contributed by atoms with Crippen LogP contribution in [0.1, 0.15) is 0 Å². The summed E-state index contributed by atoms with van der Waals surface area (Å²) in [5.41, 5.74) is 2.82. The van der Waals surface area contributed by atoms with Crippen LogP contribution in [0.4, 0.5) is 0 Å². The second-order valence-electron chi connectivity index (χ2n) is 3.34. The van der Waals surface area contributed by atoms with E-state index < -0.39 is 0 Å². The van der Waals surface area contributed by atoms with E-state index in [4.69, 9.17) is 10.1 Å². The standard InChI is InChI=1S/C15H14N4O.2ClH/c16-14-15-10-6-4-2-1-3-5-9-13-20-19-18-17-12-8-7-11-15;;/h1-13H,(H,17,19);2*1H/b2-1-,5-3-,6-4-,11-7-,12-8-,13-9-,15-10+;;. The van der Waals surface area contributed by atoms with Crippen molar-refractivity contribution >= 4 is 24.8 Å². The van der Waals surface area contributed by atoms with Crippen molar-refractivity contribution in [1.29, 1.82) is 5.26 Å². The van der Waals surface area contributed by atoms with Crippen LogP contribution in [0.25, 0.3) is 0 Å². The summed E-state index contributed by atoms with van der Waals surface area (Å²) in [7, 11) is 0. The molecule has 0 saturated heterocycles. The molecule has 5 nitrogen and oxygen atoms in total. The molecule has 1 heterocycles. The second-order valence-corrected chi connectivity index (χ2v) is 3.34. The molecule has 0 aromatic rings. The van der Waals surface area contributed by atoms with Gasteiger partial charge >= 0.3 is 0 Å². The summed E-state index contributed by atoms with van der Waals surface area (Å²) in [6.45, 7) is 0. The molecule has 0 aromatic carbocycles. The lowest BCUT2D eigenvalue weighted by molar-refractivity contribution is 0.131. The molecule has 0 atom stereocenters. The normalized spacial score (nSPS) is 25.3. The first-order valence-electron chi connectivity index (χ1n) is 5.84. The lowest BCUT2D eigenvalue weighted by Gasteiger charge is -1.91. The molecule has 7 heteroatoms. The predicted octanol–water partition coefficient (Wildman–Crippen LogP) is 4.43. The number of nitrogens with one attached hydrogen (secondary N) is 1. The first-order valence-corrected chi connectivity index (χ1v) is 5.84. The summed E-state index contributed by atoms with van der Waals surface area (Å²) in [6.07, 6.45) is 22.3. The van der Waals surface area contributed by atoms with Gasteiger partial charge in [0.2, 0.25) is 0 Å². The van der Waals surface area contributed by atoms with Gasteiger partial charge in [0.05, 0.1) is 17.8 Å². The van der Waals surface area contributed by atoms with Crippen LogP contribution in [0.15, 0.2) is 95.2 Å². The van der Waals surface area contributed by atoms with E-state index in [2.05, 4.69) is 22.0 Å². The van der Waals surface area contributed by atoms with E-state index in [-0.39, 0.29) is 24.8 Å². The SMILES string of the molecule is Cl.Cl.N#CC1=C/C=C\C=C/C=C\C=C/ONN=N\C=C/C=C\1. The third kappa shape index (κ3) is 12.5. The highest BCUT2D eigenvalue weighted by molar-refractivity contribution is 5.85. The average Bonchev–Trinajstić information content (AvgIpc) is 2.47. The molecular weight excluding hydrogens is 323 g/mol. The third-order valence-corrected chi connectivity index (χ3v) is 1.91. The van der Waals surface area contributed by atoms with Gasteiger partial charge in [0, 0.05) is 0 Å². The maximum Gasteiger partial charge on any atom is 0.121 e. The highest BCUT2D eigenvalue weighted by Gasteiger charge is 1.83. The van der Waals surface area contributed by atoms with Crippen molar-refractivity contribution in [1.82, 2.24) is 5.59 Å². The molecule has 116 valence electrons. The summed E-state index contributed by atoms with van der Waals surface area (Å²) >= 11 is 0.